The third-order valence-electron chi connectivity index (χ3n) is 5.34. The summed E-state index contributed by atoms with van der Waals surface area (Å²) in [6.45, 7) is 0.845. The maximum atomic E-state index is 12.8. The van der Waals surface area contributed by atoms with Crippen molar-refractivity contribution in [3.8, 4) is 17.6 Å². The number of hydrogen-bond acceptors (Lipinski definition) is 7. The van der Waals surface area contributed by atoms with Crippen LogP contribution in [0, 0.1) is 11.3 Å². The smallest absolute Gasteiger partial charge is 0.224 e. The van der Waals surface area contributed by atoms with Gasteiger partial charge in [0.15, 0.2) is 17.3 Å². The molecule has 0 bridgehead atoms. The number of ketones is 1. The Morgan fingerprint density at radius 1 is 1.06 bits per heavy atom. The molecule has 1 amide bonds. The molecule has 0 unspecified atom stereocenters. The Hall–Kier alpha value is -3.70. The summed E-state index contributed by atoms with van der Waals surface area (Å²) in [5.41, 5.74) is 2.18. The number of para-hydroxylation sites is 2. The Kier molecular flexibility index (Phi) is 5.93. The molecule has 2 aromatic rings. The van der Waals surface area contributed by atoms with Gasteiger partial charge in [-0.2, -0.15) is 5.26 Å². The first-order valence-electron chi connectivity index (χ1n) is 10.0. The second-order valence-corrected chi connectivity index (χ2v) is 7.77. The summed E-state index contributed by atoms with van der Waals surface area (Å²) < 4.78 is 11.0. The van der Waals surface area contributed by atoms with Gasteiger partial charge in [-0.25, -0.2) is 0 Å². The fraction of sp³-hybridized carbons (Fsp3) is 0.261. The van der Waals surface area contributed by atoms with Gasteiger partial charge in [0.2, 0.25) is 5.91 Å². The maximum absolute atomic E-state index is 12.8. The number of Topliss-reactive ketones (excluding diaryl/α,β-unsaturated/α-hetero) is 1. The molecular weight excluding hydrogens is 432 g/mol. The predicted molar refractivity (Wildman–Crippen MR) is 121 cm³/mol. The van der Waals surface area contributed by atoms with E-state index in [4.69, 9.17) is 21.1 Å². The van der Waals surface area contributed by atoms with Gasteiger partial charge in [0.05, 0.1) is 22.1 Å². The van der Waals surface area contributed by atoms with E-state index in [1.165, 1.54) is 0 Å². The Labute approximate surface area is 190 Å². The number of fused-ring (bicyclic) bond motifs is 2. The number of hydrogen-bond donors (Lipinski definition) is 1. The number of nitrogens with zero attached hydrogens (tertiary/aromatic N) is 3. The second-order valence-electron chi connectivity index (χ2n) is 7.36. The van der Waals surface area contributed by atoms with Gasteiger partial charge < -0.3 is 24.6 Å². The third kappa shape index (κ3) is 3.95. The molecule has 0 radical (unpaired) electrons. The van der Waals surface area contributed by atoms with Crippen molar-refractivity contribution >= 4 is 40.4 Å². The molecule has 2 aliphatic rings. The van der Waals surface area contributed by atoms with Crippen molar-refractivity contribution in [3.63, 3.8) is 0 Å². The van der Waals surface area contributed by atoms with Crippen LogP contribution in [0.2, 0.25) is 5.02 Å². The number of anilines is 3. The summed E-state index contributed by atoms with van der Waals surface area (Å²) in [4.78, 5) is 28.9. The molecule has 2 aliphatic heterocycles. The molecule has 0 saturated carbocycles. The number of carbonyl (C=O) groups excluding carboxylic acids is 2. The minimum absolute atomic E-state index is 0.0105. The van der Waals surface area contributed by atoms with E-state index in [1.54, 1.807) is 36.0 Å². The van der Waals surface area contributed by atoms with Crippen molar-refractivity contribution in [3.05, 3.63) is 52.8 Å². The molecule has 1 N–H and O–H groups in total. The topological polar surface area (TPSA) is 94.9 Å². The number of carbonyl (C=O) groups is 2. The molecule has 4 rings (SSSR count). The minimum atomic E-state index is -0.405. The number of amides is 1. The molecule has 2 heterocycles. The number of halogens is 1. The number of benzene rings is 2. The first-order valence-corrected chi connectivity index (χ1v) is 10.4. The fourth-order valence-electron chi connectivity index (χ4n) is 3.78. The maximum Gasteiger partial charge on any atom is 0.224 e. The van der Waals surface area contributed by atoms with E-state index >= 15 is 0 Å². The van der Waals surface area contributed by atoms with Crippen molar-refractivity contribution < 1.29 is 19.1 Å². The van der Waals surface area contributed by atoms with Crippen LogP contribution in [0.15, 0.2) is 47.8 Å². The van der Waals surface area contributed by atoms with E-state index in [0.717, 1.165) is 11.4 Å². The summed E-state index contributed by atoms with van der Waals surface area (Å²) in [5, 5.41) is 12.7. The van der Waals surface area contributed by atoms with Crippen LogP contribution in [0.3, 0.4) is 0 Å². The number of ether oxygens (including phenoxy) is 2. The zero-order valence-corrected chi connectivity index (χ0v) is 18.4. The highest BCUT2D eigenvalue weighted by Crippen LogP contribution is 2.41. The van der Waals surface area contributed by atoms with Crippen molar-refractivity contribution in [2.24, 2.45) is 0 Å². The average molecular weight is 453 g/mol. The van der Waals surface area contributed by atoms with Gasteiger partial charge in [-0.1, -0.05) is 23.7 Å². The van der Waals surface area contributed by atoms with Gasteiger partial charge in [-0.05, 0) is 12.1 Å². The lowest BCUT2D eigenvalue weighted by Crippen LogP contribution is -2.26. The summed E-state index contributed by atoms with van der Waals surface area (Å²) in [5.74, 6) is 0.711. The Bertz CT molecular complexity index is 1140. The first-order chi connectivity index (χ1) is 15.4. The number of nitrogens with one attached hydrogen (secondary N) is 1. The number of nitriles is 1. The Morgan fingerprint density at radius 3 is 2.25 bits per heavy atom. The lowest BCUT2D eigenvalue weighted by atomic mass is 10.1. The molecule has 0 fully saturated rings. The molecule has 8 nitrogen and oxygen atoms in total. The van der Waals surface area contributed by atoms with E-state index in [2.05, 4.69) is 5.32 Å². The average Bonchev–Trinajstić information content (AvgIpc) is 3.04. The van der Waals surface area contributed by atoms with Crippen LogP contribution in [0.25, 0.3) is 0 Å². The lowest BCUT2D eigenvalue weighted by molar-refractivity contribution is -0.120. The second kappa shape index (κ2) is 8.81. The van der Waals surface area contributed by atoms with Gasteiger partial charge in [-0.15, -0.1) is 0 Å². The molecular formula is C23H21ClN4O4. The monoisotopic (exact) mass is 452 g/mol. The van der Waals surface area contributed by atoms with E-state index < -0.39 is 11.7 Å². The van der Waals surface area contributed by atoms with Crippen LogP contribution >= 0.6 is 11.6 Å². The minimum Gasteiger partial charge on any atom is -0.486 e. The van der Waals surface area contributed by atoms with Gasteiger partial charge in [0, 0.05) is 39.1 Å². The van der Waals surface area contributed by atoms with Crippen molar-refractivity contribution in [1.82, 2.24) is 0 Å². The molecule has 0 aliphatic carbocycles. The molecule has 0 atom stereocenters. The van der Waals surface area contributed by atoms with Crippen molar-refractivity contribution in [2.45, 2.75) is 12.8 Å². The third-order valence-corrected chi connectivity index (χ3v) is 5.65. The highest BCUT2D eigenvalue weighted by molar-refractivity contribution is 6.34. The van der Waals surface area contributed by atoms with E-state index in [0.29, 0.717) is 41.2 Å². The standard InChI is InChI=1S/C23H21ClN4O4/c1-27-17-5-3-4-6-18(17)28(2)23(27)14(13-25)19(29)7-8-22(30)26-16-12-21-20(11-15(16)24)31-9-10-32-21/h3-6,11-12H,7-10H2,1-2H3,(H,26,30). The Balaban J connectivity index is 1.45. The lowest BCUT2D eigenvalue weighted by Gasteiger charge is -2.20. The van der Waals surface area contributed by atoms with Gasteiger partial charge in [0.1, 0.15) is 30.7 Å². The van der Waals surface area contributed by atoms with Crippen LogP contribution in [0.4, 0.5) is 17.1 Å². The van der Waals surface area contributed by atoms with Crippen molar-refractivity contribution in [1.29, 1.82) is 5.26 Å². The zero-order chi connectivity index (χ0) is 22.8. The Morgan fingerprint density at radius 2 is 1.66 bits per heavy atom. The quantitative estimate of drug-likeness (QED) is 0.545. The molecule has 164 valence electrons. The van der Waals surface area contributed by atoms with Crippen LogP contribution < -0.4 is 24.6 Å². The summed E-state index contributed by atoms with van der Waals surface area (Å²) in [6.07, 6.45) is -0.207. The normalized spacial score (nSPS) is 14.0. The molecule has 32 heavy (non-hydrogen) atoms. The number of allylic oxidation sites excluding steroid dienone is 1. The fourth-order valence-corrected chi connectivity index (χ4v) is 3.98. The number of rotatable bonds is 5. The zero-order valence-electron chi connectivity index (χ0n) is 17.6. The highest BCUT2D eigenvalue weighted by atomic mass is 35.5. The van der Waals surface area contributed by atoms with Crippen LogP contribution in [0.5, 0.6) is 11.5 Å². The first kappa shape index (κ1) is 21.5. The van der Waals surface area contributed by atoms with Gasteiger partial charge in [-0.3, -0.25) is 9.59 Å². The molecule has 0 saturated heterocycles. The van der Waals surface area contributed by atoms with Gasteiger partial charge >= 0.3 is 0 Å². The molecule has 2 aromatic carbocycles. The van der Waals surface area contributed by atoms with Crippen LogP contribution in [-0.2, 0) is 9.59 Å². The summed E-state index contributed by atoms with van der Waals surface area (Å²) >= 11 is 6.22. The van der Waals surface area contributed by atoms with Crippen LogP contribution in [0.1, 0.15) is 12.8 Å². The van der Waals surface area contributed by atoms with Gasteiger partial charge in [0.25, 0.3) is 0 Å². The largest absolute Gasteiger partial charge is 0.486 e. The van der Waals surface area contributed by atoms with E-state index in [1.807, 2.05) is 30.3 Å². The van der Waals surface area contributed by atoms with E-state index in [-0.39, 0.29) is 18.4 Å². The van der Waals surface area contributed by atoms with Crippen molar-refractivity contribution in [2.75, 3.05) is 42.4 Å². The van der Waals surface area contributed by atoms with E-state index in [9.17, 15) is 14.9 Å². The van der Waals surface area contributed by atoms with Crippen LogP contribution in [-0.4, -0.2) is 39.0 Å². The highest BCUT2D eigenvalue weighted by Gasteiger charge is 2.31. The molecule has 9 heteroatoms. The summed E-state index contributed by atoms with van der Waals surface area (Å²) in [6, 6.07) is 12.8. The SMILES string of the molecule is CN1C(=C(C#N)C(=O)CCC(=O)Nc2cc3c(cc2Cl)OCCO3)N(C)c2ccccc21. The molecule has 0 aromatic heterocycles. The predicted octanol–water partition coefficient (Wildman–Crippen LogP) is 3.72. The summed E-state index contributed by atoms with van der Waals surface area (Å²) in [7, 11) is 3.61. The molecule has 0 spiro atoms.